The van der Waals surface area contributed by atoms with Gasteiger partial charge in [0, 0.05) is 22.0 Å². The molecule has 0 spiro atoms. The molecule has 3 atom stereocenters. The molecule has 1 N–H and O–H groups in total. The number of carbonyl (C=O) groups is 1. The Morgan fingerprint density at radius 1 is 1.42 bits per heavy atom. The van der Waals surface area contributed by atoms with Gasteiger partial charge in [0.15, 0.2) is 5.78 Å². The van der Waals surface area contributed by atoms with Crippen LogP contribution in [0.1, 0.15) is 42.1 Å². The Morgan fingerprint density at radius 2 is 2.26 bits per heavy atom. The van der Waals surface area contributed by atoms with Crippen LogP contribution in [0.2, 0.25) is 0 Å². The maximum Gasteiger partial charge on any atom is 0.168 e. The molecule has 1 saturated heterocycles. The van der Waals surface area contributed by atoms with Gasteiger partial charge in [0.1, 0.15) is 0 Å². The zero-order valence-corrected chi connectivity index (χ0v) is 12.9. The number of hydrogen-bond donors (Lipinski definition) is 1. The first-order chi connectivity index (χ1) is 9.19. The highest BCUT2D eigenvalue weighted by molar-refractivity contribution is 9.10. The fourth-order valence-electron chi connectivity index (χ4n) is 3.54. The third-order valence-electron chi connectivity index (χ3n) is 4.72. The van der Waals surface area contributed by atoms with Gasteiger partial charge in [0.05, 0.1) is 0 Å². The van der Waals surface area contributed by atoms with Gasteiger partial charge in [-0.15, -0.1) is 0 Å². The number of nitrogens with one attached hydrogen (secondary N) is 1. The lowest BCUT2D eigenvalue weighted by Crippen LogP contribution is -2.45. The minimum Gasteiger partial charge on any atom is -0.313 e. The molecule has 1 heterocycles. The highest BCUT2D eigenvalue weighted by atomic mass is 79.9. The SMILES string of the molecule is CCC1CCNC(C2Cc3cc(Br)ccc3C2=O)C1. The van der Waals surface area contributed by atoms with E-state index in [1.54, 1.807) is 0 Å². The van der Waals surface area contributed by atoms with Crippen molar-refractivity contribution in [1.29, 1.82) is 0 Å². The lowest BCUT2D eigenvalue weighted by atomic mass is 9.82. The van der Waals surface area contributed by atoms with Gasteiger partial charge in [-0.1, -0.05) is 35.3 Å². The lowest BCUT2D eigenvalue weighted by molar-refractivity contribution is 0.0884. The van der Waals surface area contributed by atoms with Crippen LogP contribution >= 0.6 is 15.9 Å². The molecule has 1 aromatic rings. The van der Waals surface area contributed by atoms with E-state index < -0.39 is 0 Å². The molecular formula is C16H20BrNO. The number of rotatable bonds is 2. The topological polar surface area (TPSA) is 29.1 Å². The highest BCUT2D eigenvalue weighted by Crippen LogP contribution is 2.34. The molecule has 3 unspecified atom stereocenters. The molecule has 1 aliphatic carbocycles. The maximum absolute atomic E-state index is 12.5. The summed E-state index contributed by atoms with van der Waals surface area (Å²) in [5.74, 6) is 1.28. The molecule has 3 rings (SSSR count). The zero-order valence-electron chi connectivity index (χ0n) is 11.3. The summed E-state index contributed by atoms with van der Waals surface area (Å²) in [6.07, 6.45) is 4.55. The van der Waals surface area contributed by atoms with Crippen LogP contribution in [0.15, 0.2) is 22.7 Å². The average Bonchev–Trinajstić information content (AvgIpc) is 2.75. The second-order valence-electron chi connectivity index (χ2n) is 5.84. The van der Waals surface area contributed by atoms with Gasteiger partial charge in [-0.05, 0) is 49.4 Å². The Hall–Kier alpha value is -0.670. The molecule has 0 aromatic heterocycles. The molecule has 2 aliphatic rings. The van der Waals surface area contributed by atoms with Crippen molar-refractivity contribution in [3.8, 4) is 0 Å². The van der Waals surface area contributed by atoms with Crippen LogP contribution in [0.5, 0.6) is 0 Å². The smallest absolute Gasteiger partial charge is 0.168 e. The van der Waals surface area contributed by atoms with Crippen molar-refractivity contribution in [2.24, 2.45) is 11.8 Å². The molecule has 1 aromatic carbocycles. The summed E-state index contributed by atoms with van der Waals surface area (Å²) < 4.78 is 1.07. The van der Waals surface area contributed by atoms with Crippen molar-refractivity contribution < 1.29 is 4.79 Å². The molecule has 0 amide bonds. The first kappa shape index (κ1) is 13.3. The molecule has 19 heavy (non-hydrogen) atoms. The summed E-state index contributed by atoms with van der Waals surface area (Å²) in [5, 5.41) is 3.57. The zero-order chi connectivity index (χ0) is 13.4. The quantitative estimate of drug-likeness (QED) is 0.902. The van der Waals surface area contributed by atoms with Crippen LogP contribution in [0.25, 0.3) is 0 Å². The second kappa shape index (κ2) is 5.37. The molecule has 2 nitrogen and oxygen atoms in total. The molecule has 0 radical (unpaired) electrons. The predicted octanol–water partition coefficient (Wildman–Crippen LogP) is 3.58. The van der Waals surface area contributed by atoms with E-state index in [1.165, 1.54) is 18.4 Å². The first-order valence-electron chi connectivity index (χ1n) is 7.25. The van der Waals surface area contributed by atoms with Crippen LogP contribution in [0.4, 0.5) is 0 Å². The van der Waals surface area contributed by atoms with Crippen molar-refractivity contribution in [2.45, 2.75) is 38.6 Å². The fourth-order valence-corrected chi connectivity index (χ4v) is 3.94. The summed E-state index contributed by atoms with van der Waals surface area (Å²) in [5.41, 5.74) is 2.15. The van der Waals surface area contributed by atoms with Crippen LogP contribution < -0.4 is 5.32 Å². The van der Waals surface area contributed by atoms with Crippen molar-refractivity contribution in [3.63, 3.8) is 0 Å². The predicted molar refractivity (Wildman–Crippen MR) is 80.5 cm³/mol. The van der Waals surface area contributed by atoms with E-state index in [9.17, 15) is 4.79 Å². The van der Waals surface area contributed by atoms with E-state index in [0.29, 0.717) is 11.8 Å². The minimum absolute atomic E-state index is 0.152. The Bertz CT molecular complexity index is 500. The largest absolute Gasteiger partial charge is 0.313 e. The Labute approximate surface area is 123 Å². The number of halogens is 1. The monoisotopic (exact) mass is 321 g/mol. The van der Waals surface area contributed by atoms with E-state index in [0.717, 1.165) is 35.3 Å². The van der Waals surface area contributed by atoms with Gasteiger partial charge in [0.2, 0.25) is 0 Å². The van der Waals surface area contributed by atoms with Crippen LogP contribution in [-0.2, 0) is 6.42 Å². The summed E-state index contributed by atoms with van der Waals surface area (Å²) >= 11 is 3.49. The normalized spacial score (nSPS) is 30.4. The number of Topliss-reactive ketones (excluding diaryl/α,β-unsaturated/α-hetero) is 1. The van der Waals surface area contributed by atoms with Gasteiger partial charge in [-0.2, -0.15) is 0 Å². The average molecular weight is 322 g/mol. The van der Waals surface area contributed by atoms with E-state index in [4.69, 9.17) is 0 Å². The van der Waals surface area contributed by atoms with Crippen molar-refractivity contribution in [2.75, 3.05) is 6.54 Å². The summed E-state index contributed by atoms with van der Waals surface area (Å²) in [7, 11) is 0. The van der Waals surface area contributed by atoms with Crippen molar-refractivity contribution >= 4 is 21.7 Å². The third-order valence-corrected chi connectivity index (χ3v) is 5.21. The number of carbonyl (C=O) groups excluding carboxylic acids is 1. The van der Waals surface area contributed by atoms with E-state index in [2.05, 4.69) is 34.2 Å². The fraction of sp³-hybridized carbons (Fsp3) is 0.562. The number of benzene rings is 1. The Morgan fingerprint density at radius 3 is 3.05 bits per heavy atom. The number of hydrogen-bond acceptors (Lipinski definition) is 2. The summed E-state index contributed by atoms with van der Waals surface area (Å²) in [6.45, 7) is 3.32. The number of fused-ring (bicyclic) bond motifs is 1. The molecule has 0 bridgehead atoms. The molecule has 1 fully saturated rings. The second-order valence-corrected chi connectivity index (χ2v) is 6.75. The molecule has 1 aliphatic heterocycles. The van der Waals surface area contributed by atoms with E-state index >= 15 is 0 Å². The molecule has 0 saturated carbocycles. The van der Waals surface area contributed by atoms with Crippen LogP contribution in [-0.4, -0.2) is 18.4 Å². The molecule has 3 heteroatoms. The van der Waals surface area contributed by atoms with Gasteiger partial charge in [-0.25, -0.2) is 0 Å². The Kier molecular flexibility index (Phi) is 3.77. The van der Waals surface area contributed by atoms with Crippen molar-refractivity contribution in [3.05, 3.63) is 33.8 Å². The highest BCUT2D eigenvalue weighted by Gasteiger charge is 2.38. The molecular weight excluding hydrogens is 302 g/mol. The van der Waals surface area contributed by atoms with Gasteiger partial charge in [0.25, 0.3) is 0 Å². The maximum atomic E-state index is 12.5. The summed E-state index contributed by atoms with van der Waals surface area (Å²) in [6, 6.07) is 6.43. The number of ketones is 1. The standard InChI is InChI=1S/C16H20BrNO/c1-2-10-5-6-18-15(7-10)14-9-11-8-12(17)3-4-13(11)16(14)19/h3-4,8,10,14-15,18H,2,5-7,9H2,1H3. The van der Waals surface area contributed by atoms with Crippen LogP contribution in [0.3, 0.4) is 0 Å². The van der Waals surface area contributed by atoms with E-state index in [1.807, 2.05) is 12.1 Å². The Balaban J connectivity index is 1.79. The third kappa shape index (κ3) is 2.50. The first-order valence-corrected chi connectivity index (χ1v) is 8.04. The number of piperidine rings is 1. The van der Waals surface area contributed by atoms with Crippen molar-refractivity contribution in [1.82, 2.24) is 5.32 Å². The summed E-state index contributed by atoms with van der Waals surface area (Å²) in [4.78, 5) is 12.5. The molecule has 102 valence electrons. The lowest BCUT2D eigenvalue weighted by Gasteiger charge is -2.33. The van der Waals surface area contributed by atoms with E-state index in [-0.39, 0.29) is 5.92 Å². The van der Waals surface area contributed by atoms with Gasteiger partial charge >= 0.3 is 0 Å². The van der Waals surface area contributed by atoms with Crippen LogP contribution in [0, 0.1) is 11.8 Å². The van der Waals surface area contributed by atoms with Gasteiger partial charge < -0.3 is 5.32 Å². The minimum atomic E-state index is 0.152. The van der Waals surface area contributed by atoms with Gasteiger partial charge in [-0.3, -0.25) is 4.79 Å².